The first kappa shape index (κ1) is 14.0. The molecule has 3 heterocycles. The van der Waals surface area contributed by atoms with Gasteiger partial charge >= 0.3 is 0 Å². The van der Waals surface area contributed by atoms with Crippen LogP contribution in [-0.4, -0.2) is 52.5 Å². The third kappa shape index (κ3) is 2.29. The summed E-state index contributed by atoms with van der Waals surface area (Å²) >= 11 is 0. The number of aromatic amines is 1. The molecule has 0 radical (unpaired) electrons. The average molecular weight is 312 g/mol. The normalized spacial score (nSPS) is 21.2. The molecule has 7 heteroatoms. The highest BCUT2D eigenvalue weighted by molar-refractivity contribution is 6.06. The van der Waals surface area contributed by atoms with E-state index in [4.69, 9.17) is 9.15 Å². The number of carbonyl (C=O) groups is 1. The molecule has 2 atom stereocenters. The Morgan fingerprint density at radius 1 is 1.39 bits per heavy atom. The monoisotopic (exact) mass is 312 g/mol. The minimum absolute atomic E-state index is 0.0147. The number of hydrogen-bond acceptors (Lipinski definition) is 5. The summed E-state index contributed by atoms with van der Waals surface area (Å²) < 4.78 is 11.0. The Morgan fingerprint density at radius 3 is 3.04 bits per heavy atom. The lowest BCUT2D eigenvalue weighted by molar-refractivity contribution is 0.0715. The standard InChI is InChI=1S/C16H16N4O3/c1-22-15-8-20(7-11(15)13-6-17-19-18-13)16(21)12-9-23-14-5-3-2-4-10(12)14/h2-6,9,11,15H,7-8H2,1H3,(H,17,18,19)/t11-,15+/m0/s1. The molecule has 0 unspecified atom stereocenters. The van der Waals surface area contributed by atoms with Gasteiger partial charge in [0, 0.05) is 25.6 Å². The van der Waals surface area contributed by atoms with Crippen LogP contribution in [0.4, 0.5) is 0 Å². The zero-order chi connectivity index (χ0) is 15.8. The Bertz CT molecular complexity index is 827. The fourth-order valence-electron chi connectivity index (χ4n) is 3.17. The number of para-hydroxylation sites is 1. The summed E-state index contributed by atoms with van der Waals surface area (Å²) in [6.45, 7) is 1.07. The average Bonchev–Trinajstić information content (AvgIpc) is 3.31. The van der Waals surface area contributed by atoms with Gasteiger partial charge in [-0.1, -0.05) is 18.2 Å². The lowest BCUT2D eigenvalue weighted by atomic mass is 10.0. The SMILES string of the molecule is CO[C@@H]1CN(C(=O)c2coc3ccccc23)C[C@H]1c1cn[nH]n1. The molecule has 1 aromatic carbocycles. The van der Waals surface area contributed by atoms with E-state index in [1.807, 2.05) is 24.3 Å². The summed E-state index contributed by atoms with van der Waals surface area (Å²) in [6.07, 6.45) is 3.11. The first-order valence-electron chi connectivity index (χ1n) is 7.42. The fourth-order valence-corrected chi connectivity index (χ4v) is 3.17. The van der Waals surface area contributed by atoms with Crippen LogP contribution in [-0.2, 0) is 4.74 Å². The number of H-pyrrole nitrogens is 1. The molecule has 1 N–H and O–H groups in total. The minimum atomic E-state index is -0.0952. The van der Waals surface area contributed by atoms with Gasteiger partial charge in [0.1, 0.15) is 11.8 Å². The number of ether oxygens (including phenoxy) is 1. The van der Waals surface area contributed by atoms with Gasteiger partial charge in [0.2, 0.25) is 0 Å². The number of aromatic nitrogens is 3. The first-order chi connectivity index (χ1) is 11.3. The highest BCUT2D eigenvalue weighted by Gasteiger charge is 2.38. The van der Waals surface area contributed by atoms with Crippen molar-refractivity contribution in [2.24, 2.45) is 0 Å². The molecular formula is C16H16N4O3. The Labute approximate surface area is 132 Å². The molecule has 3 aromatic rings. The number of methoxy groups -OCH3 is 1. The second-order valence-electron chi connectivity index (χ2n) is 5.63. The Morgan fingerprint density at radius 2 is 2.26 bits per heavy atom. The van der Waals surface area contributed by atoms with Crippen LogP contribution in [0.1, 0.15) is 22.0 Å². The van der Waals surface area contributed by atoms with Crippen LogP contribution in [0.25, 0.3) is 11.0 Å². The van der Waals surface area contributed by atoms with E-state index in [0.717, 1.165) is 11.1 Å². The number of fused-ring (bicyclic) bond motifs is 1. The van der Waals surface area contributed by atoms with Crippen molar-refractivity contribution in [1.29, 1.82) is 0 Å². The molecule has 0 spiro atoms. The second-order valence-corrected chi connectivity index (χ2v) is 5.63. The van der Waals surface area contributed by atoms with E-state index in [-0.39, 0.29) is 17.9 Å². The number of nitrogens with one attached hydrogen (secondary N) is 1. The van der Waals surface area contributed by atoms with E-state index in [2.05, 4.69) is 15.4 Å². The van der Waals surface area contributed by atoms with E-state index in [1.165, 1.54) is 6.26 Å². The van der Waals surface area contributed by atoms with E-state index >= 15 is 0 Å². The molecule has 1 amide bonds. The number of carbonyl (C=O) groups excluding carboxylic acids is 1. The van der Waals surface area contributed by atoms with Crippen LogP contribution >= 0.6 is 0 Å². The first-order valence-corrected chi connectivity index (χ1v) is 7.42. The van der Waals surface area contributed by atoms with E-state index in [0.29, 0.717) is 24.2 Å². The third-order valence-corrected chi connectivity index (χ3v) is 4.38. The summed E-state index contributed by atoms with van der Waals surface area (Å²) in [4.78, 5) is 14.6. The molecule has 0 aliphatic carbocycles. The largest absolute Gasteiger partial charge is 0.463 e. The Balaban J connectivity index is 1.62. The van der Waals surface area contributed by atoms with Crippen molar-refractivity contribution in [2.45, 2.75) is 12.0 Å². The van der Waals surface area contributed by atoms with Crippen LogP contribution < -0.4 is 0 Å². The van der Waals surface area contributed by atoms with Gasteiger partial charge in [-0.15, -0.1) is 0 Å². The van der Waals surface area contributed by atoms with Crippen molar-refractivity contribution in [3.63, 3.8) is 0 Å². The van der Waals surface area contributed by atoms with E-state index in [9.17, 15) is 4.79 Å². The molecule has 1 aliphatic rings. The van der Waals surface area contributed by atoms with Gasteiger partial charge in [-0.25, -0.2) is 0 Å². The molecular weight excluding hydrogens is 296 g/mol. The van der Waals surface area contributed by atoms with Gasteiger partial charge in [0.05, 0.1) is 29.5 Å². The number of furan rings is 1. The smallest absolute Gasteiger partial charge is 0.257 e. The van der Waals surface area contributed by atoms with Crippen molar-refractivity contribution in [3.05, 3.63) is 48.0 Å². The summed E-state index contributed by atoms with van der Waals surface area (Å²) in [5, 5.41) is 11.4. The number of nitrogens with zero attached hydrogens (tertiary/aromatic N) is 3. The number of benzene rings is 1. The molecule has 0 bridgehead atoms. The van der Waals surface area contributed by atoms with Gasteiger partial charge in [0.25, 0.3) is 5.91 Å². The van der Waals surface area contributed by atoms with Gasteiger partial charge in [-0.3, -0.25) is 4.79 Å². The third-order valence-electron chi connectivity index (χ3n) is 4.38. The topological polar surface area (TPSA) is 84.2 Å². The second kappa shape index (κ2) is 5.51. The molecule has 0 saturated carbocycles. The number of hydrogen-bond donors (Lipinski definition) is 1. The Kier molecular flexibility index (Phi) is 3.34. The van der Waals surface area contributed by atoms with Crippen LogP contribution in [0.2, 0.25) is 0 Å². The zero-order valence-electron chi connectivity index (χ0n) is 12.6. The van der Waals surface area contributed by atoms with E-state index < -0.39 is 0 Å². The number of likely N-dealkylation sites (tertiary alicyclic amines) is 1. The molecule has 1 fully saturated rings. The molecule has 1 saturated heterocycles. The van der Waals surface area contributed by atoms with Crippen molar-refractivity contribution in [1.82, 2.24) is 20.3 Å². The van der Waals surface area contributed by atoms with Gasteiger partial charge < -0.3 is 14.1 Å². The van der Waals surface area contributed by atoms with Gasteiger partial charge in [-0.05, 0) is 6.07 Å². The summed E-state index contributed by atoms with van der Waals surface area (Å²) in [6, 6.07) is 7.53. The van der Waals surface area contributed by atoms with E-state index in [1.54, 1.807) is 18.2 Å². The predicted octanol–water partition coefficient (Wildman–Crippen LogP) is 1.81. The van der Waals surface area contributed by atoms with Crippen molar-refractivity contribution < 1.29 is 13.9 Å². The van der Waals surface area contributed by atoms with Crippen molar-refractivity contribution in [2.75, 3.05) is 20.2 Å². The highest BCUT2D eigenvalue weighted by Crippen LogP contribution is 2.30. The van der Waals surface area contributed by atoms with Crippen LogP contribution in [0.15, 0.2) is 41.1 Å². The van der Waals surface area contributed by atoms with Crippen molar-refractivity contribution in [3.8, 4) is 0 Å². The maximum atomic E-state index is 12.9. The molecule has 7 nitrogen and oxygen atoms in total. The lowest BCUT2D eigenvalue weighted by Gasteiger charge is -2.14. The molecule has 2 aromatic heterocycles. The zero-order valence-corrected chi connectivity index (χ0v) is 12.6. The predicted molar refractivity (Wildman–Crippen MR) is 82.0 cm³/mol. The Hall–Kier alpha value is -2.67. The summed E-state index contributed by atoms with van der Waals surface area (Å²) in [5.41, 5.74) is 2.10. The lowest BCUT2D eigenvalue weighted by Crippen LogP contribution is -2.29. The molecule has 23 heavy (non-hydrogen) atoms. The van der Waals surface area contributed by atoms with Crippen LogP contribution in [0.5, 0.6) is 0 Å². The minimum Gasteiger partial charge on any atom is -0.463 e. The van der Waals surface area contributed by atoms with Crippen LogP contribution in [0, 0.1) is 0 Å². The quantitative estimate of drug-likeness (QED) is 0.797. The maximum Gasteiger partial charge on any atom is 0.257 e. The number of rotatable bonds is 3. The van der Waals surface area contributed by atoms with Crippen molar-refractivity contribution >= 4 is 16.9 Å². The molecule has 4 rings (SSSR count). The van der Waals surface area contributed by atoms with Gasteiger partial charge in [0.15, 0.2) is 0 Å². The molecule has 1 aliphatic heterocycles. The summed E-state index contributed by atoms with van der Waals surface area (Å²) in [7, 11) is 1.65. The number of amides is 1. The highest BCUT2D eigenvalue weighted by atomic mass is 16.5. The maximum absolute atomic E-state index is 12.9. The molecule has 118 valence electrons. The van der Waals surface area contributed by atoms with Crippen LogP contribution in [0.3, 0.4) is 0 Å². The fraction of sp³-hybridized carbons (Fsp3) is 0.312. The summed E-state index contributed by atoms with van der Waals surface area (Å²) in [5.74, 6) is -0.0381. The van der Waals surface area contributed by atoms with Gasteiger partial charge in [-0.2, -0.15) is 15.4 Å².